The summed E-state index contributed by atoms with van der Waals surface area (Å²) in [4.78, 5) is 28.6. The van der Waals surface area contributed by atoms with Crippen molar-refractivity contribution in [3.8, 4) is 0 Å². The molecular formula is C21H19F2NO4. The zero-order chi connectivity index (χ0) is 20.5. The van der Waals surface area contributed by atoms with Crippen molar-refractivity contribution in [2.45, 2.75) is 19.3 Å². The van der Waals surface area contributed by atoms with E-state index in [0.29, 0.717) is 22.9 Å². The normalized spacial score (nSPS) is 11.8. The van der Waals surface area contributed by atoms with Crippen LogP contribution in [0.5, 0.6) is 0 Å². The summed E-state index contributed by atoms with van der Waals surface area (Å²) in [6, 6.07) is 13.0. The fraction of sp³-hybridized carbons (Fsp3) is 0.238. The Morgan fingerprint density at radius 2 is 1.82 bits per heavy atom. The first kappa shape index (κ1) is 19.7. The number of rotatable bonds is 5. The maximum absolute atomic E-state index is 14.4. The van der Waals surface area contributed by atoms with Gasteiger partial charge < -0.3 is 9.25 Å². The standard InChI is InChI=1S/C21H19F2NO4/c1-13-16-10-9-15(21(22,23)20(26)28-24(2)3)12-18(16)27-19(25)17(13)11-14-7-5-4-6-8-14/h4-10,12H,11H2,1-3H3. The van der Waals surface area contributed by atoms with E-state index in [4.69, 9.17) is 4.42 Å². The van der Waals surface area contributed by atoms with Crippen LogP contribution in [-0.2, 0) is 22.0 Å². The molecule has 0 aliphatic carbocycles. The van der Waals surface area contributed by atoms with Crippen molar-refractivity contribution in [1.29, 1.82) is 0 Å². The number of alkyl halides is 2. The molecular weight excluding hydrogens is 368 g/mol. The van der Waals surface area contributed by atoms with Gasteiger partial charge in [0.1, 0.15) is 5.58 Å². The molecule has 0 aliphatic heterocycles. The minimum atomic E-state index is -3.88. The van der Waals surface area contributed by atoms with E-state index in [0.717, 1.165) is 22.8 Å². The summed E-state index contributed by atoms with van der Waals surface area (Å²) in [5, 5.41) is 1.42. The Bertz CT molecular complexity index is 1070. The van der Waals surface area contributed by atoms with Crippen LogP contribution < -0.4 is 5.63 Å². The Hall–Kier alpha value is -3.06. The molecule has 0 N–H and O–H groups in total. The van der Waals surface area contributed by atoms with E-state index in [-0.39, 0.29) is 5.58 Å². The van der Waals surface area contributed by atoms with E-state index >= 15 is 0 Å². The lowest BCUT2D eigenvalue weighted by molar-refractivity contribution is -0.207. The van der Waals surface area contributed by atoms with Gasteiger partial charge in [-0.15, -0.1) is 5.06 Å². The molecule has 0 bridgehead atoms. The number of fused-ring (bicyclic) bond motifs is 1. The summed E-state index contributed by atoms with van der Waals surface area (Å²) in [7, 11) is 2.65. The molecule has 0 radical (unpaired) electrons. The fourth-order valence-electron chi connectivity index (χ4n) is 2.93. The SMILES string of the molecule is Cc1c(Cc2ccccc2)c(=O)oc2cc(C(F)(F)C(=O)ON(C)C)ccc12. The highest BCUT2D eigenvalue weighted by molar-refractivity contribution is 5.85. The van der Waals surface area contributed by atoms with Crippen LogP contribution >= 0.6 is 0 Å². The second-order valence-corrected chi connectivity index (χ2v) is 6.63. The first-order valence-electron chi connectivity index (χ1n) is 8.58. The molecule has 0 aliphatic rings. The number of benzene rings is 2. The molecule has 2 aromatic carbocycles. The molecule has 0 amide bonds. The van der Waals surface area contributed by atoms with Gasteiger partial charge in [-0.2, -0.15) is 8.78 Å². The van der Waals surface area contributed by atoms with Gasteiger partial charge in [-0.1, -0.05) is 42.5 Å². The van der Waals surface area contributed by atoms with Gasteiger partial charge in [0.25, 0.3) is 0 Å². The van der Waals surface area contributed by atoms with Gasteiger partial charge >= 0.3 is 17.5 Å². The van der Waals surface area contributed by atoms with Gasteiger partial charge in [0, 0.05) is 37.0 Å². The van der Waals surface area contributed by atoms with Crippen molar-refractivity contribution in [1.82, 2.24) is 5.06 Å². The van der Waals surface area contributed by atoms with E-state index < -0.39 is 23.1 Å². The van der Waals surface area contributed by atoms with Crippen LogP contribution in [0.15, 0.2) is 57.7 Å². The van der Waals surface area contributed by atoms with Crippen LogP contribution in [0, 0.1) is 6.92 Å². The second-order valence-electron chi connectivity index (χ2n) is 6.63. The predicted octanol–water partition coefficient (Wildman–Crippen LogP) is 3.80. The lowest BCUT2D eigenvalue weighted by Gasteiger charge is -2.18. The first-order valence-corrected chi connectivity index (χ1v) is 8.58. The van der Waals surface area contributed by atoms with Gasteiger partial charge in [-0.25, -0.2) is 9.59 Å². The van der Waals surface area contributed by atoms with Gasteiger partial charge in [-0.3, -0.25) is 0 Å². The van der Waals surface area contributed by atoms with Gasteiger partial charge in [0.2, 0.25) is 0 Å². The lowest BCUT2D eigenvalue weighted by Crippen LogP contribution is -2.32. The minimum Gasteiger partial charge on any atom is -0.422 e. The third-order valence-corrected chi connectivity index (χ3v) is 4.40. The van der Waals surface area contributed by atoms with Crippen molar-refractivity contribution in [3.05, 3.63) is 81.2 Å². The minimum absolute atomic E-state index is 0.00543. The van der Waals surface area contributed by atoms with Crippen LogP contribution in [0.4, 0.5) is 8.78 Å². The molecule has 5 nitrogen and oxygen atoms in total. The molecule has 0 saturated carbocycles. The number of carbonyl (C=O) groups excluding carboxylic acids is 1. The van der Waals surface area contributed by atoms with Crippen LogP contribution in [-0.4, -0.2) is 25.1 Å². The summed E-state index contributed by atoms with van der Waals surface area (Å²) in [6.45, 7) is 1.75. The zero-order valence-electron chi connectivity index (χ0n) is 15.7. The molecule has 0 fully saturated rings. The second kappa shape index (κ2) is 7.52. The van der Waals surface area contributed by atoms with E-state index in [9.17, 15) is 18.4 Å². The number of hydrogen-bond donors (Lipinski definition) is 0. The highest BCUT2D eigenvalue weighted by atomic mass is 19.3. The van der Waals surface area contributed by atoms with E-state index in [1.807, 2.05) is 30.3 Å². The fourth-order valence-corrected chi connectivity index (χ4v) is 2.93. The Balaban J connectivity index is 2.03. The van der Waals surface area contributed by atoms with Gasteiger partial charge in [-0.05, 0) is 24.1 Å². The van der Waals surface area contributed by atoms with Gasteiger partial charge in [0.15, 0.2) is 0 Å². The molecule has 0 atom stereocenters. The highest BCUT2D eigenvalue weighted by Crippen LogP contribution is 2.32. The Labute approximate surface area is 160 Å². The highest BCUT2D eigenvalue weighted by Gasteiger charge is 2.44. The summed E-state index contributed by atoms with van der Waals surface area (Å²) >= 11 is 0. The van der Waals surface area contributed by atoms with Crippen molar-refractivity contribution in [2.75, 3.05) is 14.1 Å². The Morgan fingerprint density at radius 1 is 1.14 bits per heavy atom. The van der Waals surface area contributed by atoms with Crippen LogP contribution in [0.3, 0.4) is 0 Å². The third-order valence-electron chi connectivity index (χ3n) is 4.40. The largest absolute Gasteiger partial charge is 0.422 e. The topological polar surface area (TPSA) is 59.8 Å². The number of hydrogen-bond acceptors (Lipinski definition) is 5. The molecule has 0 saturated heterocycles. The summed E-state index contributed by atoms with van der Waals surface area (Å²) in [5.74, 6) is -5.59. The maximum atomic E-state index is 14.4. The quantitative estimate of drug-likeness (QED) is 0.492. The number of carbonyl (C=O) groups is 1. The Kier molecular flexibility index (Phi) is 5.29. The summed E-state index contributed by atoms with van der Waals surface area (Å²) in [6.07, 6.45) is 0.373. The molecule has 1 heterocycles. The predicted molar refractivity (Wildman–Crippen MR) is 100 cm³/mol. The van der Waals surface area contributed by atoms with E-state index in [2.05, 4.69) is 4.84 Å². The van der Waals surface area contributed by atoms with Crippen molar-refractivity contribution >= 4 is 16.9 Å². The monoisotopic (exact) mass is 387 g/mol. The van der Waals surface area contributed by atoms with Crippen molar-refractivity contribution < 1.29 is 22.8 Å². The van der Waals surface area contributed by atoms with Crippen molar-refractivity contribution in [3.63, 3.8) is 0 Å². The molecule has 1 aromatic heterocycles. The molecule has 0 spiro atoms. The number of halogens is 2. The number of hydroxylamine groups is 2. The molecule has 7 heteroatoms. The Morgan fingerprint density at radius 3 is 2.46 bits per heavy atom. The molecule has 3 aromatic rings. The van der Waals surface area contributed by atoms with Crippen molar-refractivity contribution in [2.24, 2.45) is 0 Å². The summed E-state index contributed by atoms with van der Waals surface area (Å²) in [5.41, 5.74) is 0.849. The van der Waals surface area contributed by atoms with Crippen LogP contribution in [0.2, 0.25) is 0 Å². The van der Waals surface area contributed by atoms with Gasteiger partial charge in [0.05, 0.1) is 0 Å². The number of aryl methyl sites for hydroxylation is 1. The molecule has 146 valence electrons. The average molecular weight is 387 g/mol. The average Bonchev–Trinajstić information content (AvgIpc) is 2.65. The maximum Gasteiger partial charge on any atom is 0.400 e. The number of nitrogens with zero attached hydrogens (tertiary/aromatic N) is 1. The molecule has 3 rings (SSSR count). The smallest absolute Gasteiger partial charge is 0.400 e. The molecule has 28 heavy (non-hydrogen) atoms. The van der Waals surface area contributed by atoms with Crippen LogP contribution in [0.25, 0.3) is 11.0 Å². The van der Waals surface area contributed by atoms with Crippen LogP contribution in [0.1, 0.15) is 22.3 Å². The van der Waals surface area contributed by atoms with E-state index in [1.54, 1.807) is 6.92 Å². The zero-order valence-corrected chi connectivity index (χ0v) is 15.7. The lowest BCUT2D eigenvalue weighted by atomic mass is 9.98. The third kappa shape index (κ3) is 3.80. The van der Waals surface area contributed by atoms with E-state index in [1.165, 1.54) is 20.2 Å². The first-order chi connectivity index (χ1) is 13.2. The molecule has 0 unspecified atom stereocenters. The summed E-state index contributed by atoms with van der Waals surface area (Å²) < 4.78 is 34.1.